The molecule has 0 bridgehead atoms. The van der Waals surface area contributed by atoms with Crippen LogP contribution < -0.4 is 5.43 Å². The van der Waals surface area contributed by atoms with E-state index in [1.807, 2.05) is 18.2 Å². The standard InChI is InChI=1S/C9H6BrNO.C4H4BrNO2/c10-7-5-11-8-4-2-1-3-6(8)9(7)12;5-6-3(7)1-2-4(6)8/h1-5H,(H,11,12);1-2H2. The molecule has 104 valence electrons. The van der Waals surface area contributed by atoms with E-state index >= 15 is 0 Å². The van der Waals surface area contributed by atoms with Gasteiger partial charge in [-0.25, -0.2) is 3.93 Å². The maximum absolute atomic E-state index is 11.5. The number of rotatable bonds is 0. The molecule has 0 saturated carbocycles. The van der Waals surface area contributed by atoms with Crippen molar-refractivity contribution in [1.29, 1.82) is 0 Å². The van der Waals surface area contributed by atoms with Gasteiger partial charge in [0.05, 0.1) is 20.6 Å². The van der Waals surface area contributed by atoms with Crippen LogP contribution in [0.2, 0.25) is 0 Å². The zero-order chi connectivity index (χ0) is 14.7. The first-order chi connectivity index (χ1) is 9.50. The van der Waals surface area contributed by atoms with Gasteiger partial charge in [-0.1, -0.05) is 12.1 Å². The third-order valence-electron chi connectivity index (χ3n) is 2.73. The molecule has 0 aliphatic carbocycles. The number of aromatic amines is 1. The zero-order valence-corrected chi connectivity index (χ0v) is 13.4. The predicted molar refractivity (Wildman–Crippen MR) is 82.3 cm³/mol. The molecule has 1 aliphatic heterocycles. The van der Waals surface area contributed by atoms with Crippen molar-refractivity contribution in [3.63, 3.8) is 0 Å². The summed E-state index contributed by atoms with van der Waals surface area (Å²) in [5.41, 5.74) is 0.898. The molecule has 2 aromatic rings. The Kier molecular flexibility index (Phi) is 4.72. The van der Waals surface area contributed by atoms with Crippen LogP contribution in [-0.4, -0.2) is 20.7 Å². The van der Waals surface area contributed by atoms with E-state index in [4.69, 9.17) is 0 Å². The first-order valence-corrected chi connectivity index (χ1v) is 7.28. The first kappa shape index (κ1) is 14.9. The van der Waals surface area contributed by atoms with E-state index in [1.54, 1.807) is 12.3 Å². The molecule has 3 rings (SSSR count). The molecule has 1 aromatic carbocycles. The van der Waals surface area contributed by atoms with E-state index in [1.165, 1.54) is 0 Å². The highest BCUT2D eigenvalue weighted by Gasteiger charge is 2.26. The van der Waals surface area contributed by atoms with E-state index in [9.17, 15) is 14.4 Å². The predicted octanol–water partition coefficient (Wildman–Crippen LogP) is 2.74. The molecule has 0 radical (unpaired) electrons. The third kappa shape index (κ3) is 3.16. The van der Waals surface area contributed by atoms with Gasteiger partial charge in [0.2, 0.25) is 17.2 Å². The number of benzene rings is 1. The summed E-state index contributed by atoms with van der Waals surface area (Å²) in [6.07, 6.45) is 2.36. The second kappa shape index (κ2) is 6.32. The number of aromatic nitrogens is 1. The van der Waals surface area contributed by atoms with Crippen molar-refractivity contribution >= 4 is 54.8 Å². The fraction of sp³-hybridized carbons (Fsp3) is 0.154. The summed E-state index contributed by atoms with van der Waals surface area (Å²) in [6, 6.07) is 7.43. The highest BCUT2D eigenvalue weighted by atomic mass is 79.9. The third-order valence-corrected chi connectivity index (χ3v) is 4.11. The van der Waals surface area contributed by atoms with Gasteiger partial charge in [-0.05, 0) is 28.1 Å². The molecule has 1 fully saturated rings. The minimum Gasteiger partial charge on any atom is -0.360 e. The van der Waals surface area contributed by atoms with Gasteiger partial charge in [0.1, 0.15) is 0 Å². The number of pyridine rings is 1. The summed E-state index contributed by atoms with van der Waals surface area (Å²) >= 11 is 5.98. The van der Waals surface area contributed by atoms with E-state index in [0.29, 0.717) is 22.7 Å². The number of nitrogens with zero attached hydrogens (tertiary/aromatic N) is 1. The molecule has 2 amide bonds. The molecule has 0 spiro atoms. The smallest absolute Gasteiger partial charge is 0.239 e. The van der Waals surface area contributed by atoms with Crippen molar-refractivity contribution in [2.45, 2.75) is 12.8 Å². The summed E-state index contributed by atoms with van der Waals surface area (Å²) in [6.45, 7) is 0. The fourth-order valence-corrected chi connectivity index (χ4v) is 2.37. The van der Waals surface area contributed by atoms with Gasteiger partial charge in [-0.2, -0.15) is 0 Å². The Morgan fingerprint density at radius 1 is 1.05 bits per heavy atom. The van der Waals surface area contributed by atoms with Crippen LogP contribution in [0.1, 0.15) is 12.8 Å². The lowest BCUT2D eigenvalue weighted by molar-refractivity contribution is -0.131. The number of fused-ring (bicyclic) bond motifs is 1. The van der Waals surface area contributed by atoms with Crippen LogP contribution in [0.4, 0.5) is 0 Å². The van der Waals surface area contributed by atoms with Crippen molar-refractivity contribution in [3.8, 4) is 0 Å². The quantitative estimate of drug-likeness (QED) is 0.545. The minimum absolute atomic E-state index is 0.0318. The van der Waals surface area contributed by atoms with Gasteiger partial charge >= 0.3 is 0 Å². The van der Waals surface area contributed by atoms with E-state index < -0.39 is 0 Å². The number of halogens is 2. The van der Waals surface area contributed by atoms with Gasteiger partial charge in [0.15, 0.2) is 0 Å². The lowest BCUT2D eigenvalue weighted by atomic mass is 10.2. The van der Waals surface area contributed by atoms with Gasteiger partial charge in [-0.3, -0.25) is 14.4 Å². The molecule has 0 atom stereocenters. The van der Waals surface area contributed by atoms with Crippen molar-refractivity contribution < 1.29 is 9.59 Å². The molecule has 7 heteroatoms. The Bertz CT molecular complexity index is 711. The lowest BCUT2D eigenvalue weighted by Gasteiger charge is -1.97. The molecule has 1 aromatic heterocycles. The first-order valence-electron chi connectivity index (χ1n) is 5.78. The Labute approximate surface area is 131 Å². The van der Waals surface area contributed by atoms with E-state index in [-0.39, 0.29) is 17.2 Å². The number of H-pyrrole nitrogens is 1. The monoisotopic (exact) mass is 400 g/mol. The highest BCUT2D eigenvalue weighted by Crippen LogP contribution is 2.14. The molecular weight excluding hydrogens is 392 g/mol. The average Bonchev–Trinajstić information content (AvgIpc) is 2.75. The lowest BCUT2D eigenvalue weighted by Crippen LogP contribution is -2.16. The summed E-state index contributed by atoms with van der Waals surface area (Å²) < 4.78 is 1.55. The fourth-order valence-electron chi connectivity index (χ4n) is 1.69. The number of para-hydroxylation sites is 1. The zero-order valence-electron chi connectivity index (χ0n) is 10.2. The Balaban J connectivity index is 0.000000160. The maximum atomic E-state index is 11.5. The molecule has 0 unspecified atom stereocenters. The molecular formula is C13H10Br2N2O3. The number of hydrogen-bond acceptors (Lipinski definition) is 3. The van der Waals surface area contributed by atoms with Crippen LogP contribution in [0.15, 0.2) is 39.7 Å². The number of nitrogens with one attached hydrogen (secondary N) is 1. The Hall–Kier alpha value is -1.47. The maximum Gasteiger partial charge on any atom is 0.239 e. The largest absolute Gasteiger partial charge is 0.360 e. The van der Waals surface area contributed by atoms with Crippen LogP contribution in [0.3, 0.4) is 0 Å². The Morgan fingerprint density at radius 2 is 1.65 bits per heavy atom. The normalized spacial score (nSPS) is 14.4. The minimum atomic E-state index is -0.144. The van der Waals surface area contributed by atoms with Gasteiger partial charge in [-0.15, -0.1) is 0 Å². The highest BCUT2D eigenvalue weighted by molar-refractivity contribution is 9.10. The second-order valence-corrected chi connectivity index (χ2v) is 5.64. The van der Waals surface area contributed by atoms with Crippen molar-refractivity contribution in [2.75, 3.05) is 0 Å². The van der Waals surface area contributed by atoms with Crippen LogP contribution in [0.5, 0.6) is 0 Å². The Morgan fingerprint density at radius 3 is 2.20 bits per heavy atom. The van der Waals surface area contributed by atoms with Crippen molar-refractivity contribution in [2.24, 2.45) is 0 Å². The van der Waals surface area contributed by atoms with Crippen LogP contribution in [0.25, 0.3) is 10.9 Å². The molecule has 20 heavy (non-hydrogen) atoms. The second-order valence-electron chi connectivity index (χ2n) is 4.08. The van der Waals surface area contributed by atoms with Crippen LogP contribution in [0, 0.1) is 0 Å². The molecule has 5 nitrogen and oxygen atoms in total. The van der Waals surface area contributed by atoms with Gasteiger partial charge < -0.3 is 4.98 Å². The molecule has 2 heterocycles. The number of imide groups is 1. The van der Waals surface area contributed by atoms with E-state index in [2.05, 4.69) is 37.1 Å². The van der Waals surface area contributed by atoms with Gasteiger partial charge in [0, 0.05) is 29.9 Å². The average molecular weight is 402 g/mol. The van der Waals surface area contributed by atoms with Crippen molar-refractivity contribution in [3.05, 3.63) is 45.2 Å². The molecule has 1 saturated heterocycles. The topological polar surface area (TPSA) is 70.2 Å². The molecule has 1 N–H and O–H groups in total. The van der Waals surface area contributed by atoms with Crippen LogP contribution in [-0.2, 0) is 9.59 Å². The number of hydrogen-bond donors (Lipinski definition) is 1. The molecule has 1 aliphatic rings. The van der Waals surface area contributed by atoms with Gasteiger partial charge in [0.25, 0.3) is 0 Å². The number of amides is 2. The SMILES string of the molecule is O=C1CCC(=O)N1Br.O=c1c(Br)c[nH]c2ccccc12. The number of carbonyl (C=O) groups excluding carboxylic acids is 2. The summed E-state index contributed by atoms with van der Waals surface area (Å²) in [4.78, 5) is 35.4. The van der Waals surface area contributed by atoms with Crippen molar-refractivity contribution in [1.82, 2.24) is 8.91 Å². The summed E-state index contributed by atoms with van der Waals surface area (Å²) in [5.74, 6) is -0.287. The number of carbonyl (C=O) groups is 2. The summed E-state index contributed by atoms with van der Waals surface area (Å²) in [5, 5.41) is 0.715. The summed E-state index contributed by atoms with van der Waals surface area (Å²) in [7, 11) is 0. The van der Waals surface area contributed by atoms with E-state index in [0.717, 1.165) is 9.44 Å². The van der Waals surface area contributed by atoms with Crippen LogP contribution >= 0.6 is 32.1 Å².